The van der Waals surface area contributed by atoms with Crippen LogP contribution in [0, 0.1) is 17.8 Å². The fraction of sp³-hybridized carbons (Fsp3) is 0.889. The van der Waals surface area contributed by atoms with Crippen molar-refractivity contribution in [1.82, 2.24) is 0 Å². The maximum atomic E-state index is 11.4. The Balaban J connectivity index is 4.15. The molecule has 0 aromatic heterocycles. The third-order valence-electron chi connectivity index (χ3n) is 1.99. The Morgan fingerprint density at radius 1 is 1.27 bits per heavy atom. The van der Waals surface area contributed by atoms with Gasteiger partial charge in [-0.05, 0) is 5.92 Å². The van der Waals surface area contributed by atoms with E-state index in [0.717, 1.165) is 0 Å². The third-order valence-corrected chi connectivity index (χ3v) is 1.99. The molecule has 1 unspecified atom stereocenters. The first-order valence-electron chi connectivity index (χ1n) is 4.24. The van der Waals surface area contributed by atoms with E-state index in [9.17, 15) is 4.79 Å². The number of carbonyl (C=O) groups excluding carboxylic acids is 1. The minimum absolute atomic E-state index is 0.0509. The summed E-state index contributed by atoms with van der Waals surface area (Å²) >= 11 is 0. The normalized spacial score (nSPS) is 14.1. The number of ketones is 1. The van der Waals surface area contributed by atoms with E-state index >= 15 is 0 Å². The quantitative estimate of drug-likeness (QED) is 0.671. The molecule has 66 valence electrons. The Morgan fingerprint density at radius 2 is 1.73 bits per heavy atom. The zero-order valence-electron chi connectivity index (χ0n) is 7.92. The van der Waals surface area contributed by atoms with Crippen LogP contribution in [0.25, 0.3) is 0 Å². The Kier molecular flexibility index (Phi) is 4.34. The molecule has 0 rings (SSSR count). The van der Waals surface area contributed by atoms with Crippen molar-refractivity contribution < 1.29 is 4.79 Å². The lowest BCUT2D eigenvalue weighted by Crippen LogP contribution is -2.31. The van der Waals surface area contributed by atoms with Crippen molar-refractivity contribution in [3.05, 3.63) is 0 Å². The highest BCUT2D eigenvalue weighted by Gasteiger charge is 2.22. The van der Waals surface area contributed by atoms with Crippen LogP contribution >= 0.6 is 0 Å². The summed E-state index contributed by atoms with van der Waals surface area (Å²) in [6, 6.07) is 0. The van der Waals surface area contributed by atoms with Gasteiger partial charge in [-0.15, -0.1) is 0 Å². The zero-order valence-corrected chi connectivity index (χ0v) is 7.92. The summed E-state index contributed by atoms with van der Waals surface area (Å²) in [5.41, 5.74) is 5.49. The summed E-state index contributed by atoms with van der Waals surface area (Å²) in [5, 5.41) is 0. The van der Waals surface area contributed by atoms with Crippen molar-refractivity contribution in [1.29, 1.82) is 0 Å². The SMILES string of the molecule is CC(C)C(=O)C(CN)C(C)C. The lowest BCUT2D eigenvalue weighted by molar-refractivity contribution is -0.126. The minimum atomic E-state index is 0.0509. The van der Waals surface area contributed by atoms with Crippen LogP contribution in [0.4, 0.5) is 0 Å². The van der Waals surface area contributed by atoms with Gasteiger partial charge in [-0.1, -0.05) is 27.7 Å². The molecule has 0 aromatic rings. The summed E-state index contributed by atoms with van der Waals surface area (Å²) in [4.78, 5) is 11.4. The number of hydrogen-bond donors (Lipinski definition) is 1. The minimum Gasteiger partial charge on any atom is -0.330 e. The molecule has 2 heteroatoms. The highest BCUT2D eigenvalue weighted by molar-refractivity contribution is 5.83. The lowest BCUT2D eigenvalue weighted by atomic mass is 9.86. The van der Waals surface area contributed by atoms with Gasteiger partial charge in [0.1, 0.15) is 5.78 Å². The molecule has 0 saturated heterocycles. The third kappa shape index (κ3) is 3.02. The van der Waals surface area contributed by atoms with Crippen molar-refractivity contribution in [2.75, 3.05) is 6.54 Å². The average Bonchev–Trinajstić information content (AvgIpc) is 1.88. The van der Waals surface area contributed by atoms with Crippen LogP contribution in [0.2, 0.25) is 0 Å². The van der Waals surface area contributed by atoms with Crippen molar-refractivity contribution in [3.63, 3.8) is 0 Å². The van der Waals surface area contributed by atoms with Crippen molar-refractivity contribution in [2.45, 2.75) is 27.7 Å². The summed E-state index contributed by atoms with van der Waals surface area (Å²) in [5.74, 6) is 0.832. The second-order valence-corrected chi connectivity index (χ2v) is 3.64. The van der Waals surface area contributed by atoms with Gasteiger partial charge in [-0.3, -0.25) is 4.79 Å². The van der Waals surface area contributed by atoms with Gasteiger partial charge in [0, 0.05) is 18.4 Å². The summed E-state index contributed by atoms with van der Waals surface area (Å²) in [6.45, 7) is 8.41. The number of hydrogen-bond acceptors (Lipinski definition) is 2. The van der Waals surface area contributed by atoms with Gasteiger partial charge in [0.25, 0.3) is 0 Å². The summed E-state index contributed by atoms with van der Waals surface area (Å²) in [6.07, 6.45) is 0. The molecule has 0 spiro atoms. The molecule has 1 atom stereocenters. The average molecular weight is 157 g/mol. The molecular formula is C9H19NO. The predicted octanol–water partition coefficient (Wildman–Crippen LogP) is 1.44. The second-order valence-electron chi connectivity index (χ2n) is 3.64. The molecule has 2 nitrogen and oxygen atoms in total. The molecule has 0 bridgehead atoms. The van der Waals surface area contributed by atoms with Crippen LogP contribution in [0.3, 0.4) is 0 Å². The number of rotatable bonds is 4. The first-order valence-corrected chi connectivity index (χ1v) is 4.24. The van der Waals surface area contributed by atoms with Gasteiger partial charge in [0.05, 0.1) is 0 Å². The van der Waals surface area contributed by atoms with Crippen molar-refractivity contribution in [3.8, 4) is 0 Å². The molecule has 0 fully saturated rings. The fourth-order valence-electron chi connectivity index (χ4n) is 1.15. The molecule has 2 N–H and O–H groups in total. The fourth-order valence-corrected chi connectivity index (χ4v) is 1.15. The van der Waals surface area contributed by atoms with Crippen molar-refractivity contribution >= 4 is 5.78 Å². The van der Waals surface area contributed by atoms with E-state index in [2.05, 4.69) is 0 Å². The highest BCUT2D eigenvalue weighted by atomic mass is 16.1. The highest BCUT2D eigenvalue weighted by Crippen LogP contribution is 2.14. The van der Waals surface area contributed by atoms with Gasteiger partial charge >= 0.3 is 0 Å². The van der Waals surface area contributed by atoms with Crippen LogP contribution in [-0.2, 0) is 4.79 Å². The largest absolute Gasteiger partial charge is 0.330 e. The monoisotopic (exact) mass is 157 g/mol. The molecule has 0 amide bonds. The van der Waals surface area contributed by atoms with Crippen LogP contribution in [-0.4, -0.2) is 12.3 Å². The zero-order chi connectivity index (χ0) is 9.02. The first kappa shape index (κ1) is 10.6. The van der Waals surface area contributed by atoms with Gasteiger partial charge in [0.2, 0.25) is 0 Å². The van der Waals surface area contributed by atoms with E-state index in [4.69, 9.17) is 5.73 Å². The molecular weight excluding hydrogens is 138 g/mol. The van der Waals surface area contributed by atoms with Gasteiger partial charge in [0.15, 0.2) is 0 Å². The molecule has 0 heterocycles. The van der Waals surface area contributed by atoms with Gasteiger partial charge in [-0.25, -0.2) is 0 Å². The predicted molar refractivity (Wildman–Crippen MR) is 47.2 cm³/mol. The van der Waals surface area contributed by atoms with Crippen LogP contribution < -0.4 is 5.73 Å². The second kappa shape index (κ2) is 4.50. The van der Waals surface area contributed by atoms with E-state index in [1.165, 1.54) is 0 Å². The topological polar surface area (TPSA) is 43.1 Å². The maximum Gasteiger partial charge on any atom is 0.140 e. The molecule has 0 aliphatic heterocycles. The Labute approximate surface area is 69.2 Å². The van der Waals surface area contributed by atoms with E-state index in [1.807, 2.05) is 27.7 Å². The van der Waals surface area contributed by atoms with Gasteiger partial charge < -0.3 is 5.73 Å². The smallest absolute Gasteiger partial charge is 0.140 e. The Morgan fingerprint density at radius 3 is 1.82 bits per heavy atom. The summed E-state index contributed by atoms with van der Waals surface area (Å²) in [7, 11) is 0. The Bertz CT molecular complexity index is 130. The summed E-state index contributed by atoms with van der Waals surface area (Å²) < 4.78 is 0. The number of Topliss-reactive ketones (excluding diaryl/α,β-unsaturated/α-hetero) is 1. The first-order chi connectivity index (χ1) is 5.00. The molecule has 0 radical (unpaired) electrons. The molecule has 0 aliphatic carbocycles. The van der Waals surface area contributed by atoms with E-state index in [0.29, 0.717) is 18.2 Å². The van der Waals surface area contributed by atoms with Gasteiger partial charge in [-0.2, -0.15) is 0 Å². The maximum absolute atomic E-state index is 11.4. The van der Waals surface area contributed by atoms with Crippen LogP contribution in [0.1, 0.15) is 27.7 Å². The number of nitrogens with two attached hydrogens (primary N) is 1. The van der Waals surface area contributed by atoms with E-state index in [1.54, 1.807) is 0 Å². The van der Waals surface area contributed by atoms with Crippen molar-refractivity contribution in [2.24, 2.45) is 23.5 Å². The molecule has 0 aromatic carbocycles. The number of carbonyl (C=O) groups is 1. The van der Waals surface area contributed by atoms with E-state index in [-0.39, 0.29) is 11.8 Å². The lowest BCUT2D eigenvalue weighted by Gasteiger charge is -2.19. The Hall–Kier alpha value is -0.370. The van der Waals surface area contributed by atoms with Crippen LogP contribution in [0.15, 0.2) is 0 Å². The molecule has 0 aliphatic rings. The molecule has 11 heavy (non-hydrogen) atoms. The van der Waals surface area contributed by atoms with Crippen LogP contribution in [0.5, 0.6) is 0 Å². The van der Waals surface area contributed by atoms with E-state index < -0.39 is 0 Å². The standard InChI is InChI=1S/C9H19NO/c1-6(2)8(5-10)9(11)7(3)4/h6-8H,5,10H2,1-4H3. The molecule has 0 saturated carbocycles.